The first-order valence-corrected chi connectivity index (χ1v) is 21.6. The van der Waals surface area contributed by atoms with Gasteiger partial charge in [-0.25, -0.2) is 0 Å². The van der Waals surface area contributed by atoms with Crippen LogP contribution in [0, 0.1) is 10.1 Å². The summed E-state index contributed by atoms with van der Waals surface area (Å²) >= 11 is 0. The van der Waals surface area contributed by atoms with E-state index in [0.717, 1.165) is 29.8 Å². The standard InChI is InChI=1S/C38H27N9O12S3/c39-30-15-16-31(29-19-27(60(51,52)53)13-14-28(29)30)44-41-23-5-1-20(2-6-23)21-3-7-24(8-4-21)43-46-37-33(62(57,58)59)18-22-17-32(61(54,55)56)36(35(40)34(22)38(37)48)45-42-25-9-11-26(12-10-25)47(49)50/h1-19,48H,39-40H2,(H,51,52,53)(H,54,55,56)(H,57,58,59)/b44-41+,45-42+,46-43+. The van der Waals surface area contributed by atoms with Gasteiger partial charge in [-0.2, -0.15) is 40.6 Å². The summed E-state index contributed by atoms with van der Waals surface area (Å²) in [4.78, 5) is 8.06. The van der Waals surface area contributed by atoms with E-state index >= 15 is 0 Å². The summed E-state index contributed by atoms with van der Waals surface area (Å²) < 4.78 is 103. The first-order chi connectivity index (χ1) is 29.2. The zero-order chi connectivity index (χ0) is 44.7. The van der Waals surface area contributed by atoms with Gasteiger partial charge in [-0.15, -0.1) is 15.3 Å². The van der Waals surface area contributed by atoms with Gasteiger partial charge in [-0.05, 0) is 89.3 Å². The number of fused-ring (bicyclic) bond motifs is 2. The number of nitro groups is 1. The second kappa shape index (κ2) is 16.1. The second-order valence-electron chi connectivity index (χ2n) is 13.1. The Balaban J connectivity index is 1.18. The highest BCUT2D eigenvalue weighted by Crippen LogP contribution is 2.48. The summed E-state index contributed by atoms with van der Waals surface area (Å²) in [5.74, 6) is -0.966. The highest BCUT2D eigenvalue weighted by molar-refractivity contribution is 7.86. The maximum atomic E-state index is 12.5. The van der Waals surface area contributed by atoms with Crippen LogP contribution in [0.1, 0.15) is 0 Å². The fraction of sp³-hybridized carbons (Fsp3) is 0. The lowest BCUT2D eigenvalue weighted by molar-refractivity contribution is -0.384. The minimum absolute atomic E-state index is 0.00798. The maximum absolute atomic E-state index is 12.5. The molecule has 0 aromatic heterocycles. The van der Waals surface area contributed by atoms with E-state index < -0.39 is 73.3 Å². The summed E-state index contributed by atoms with van der Waals surface area (Å²) in [5, 5.41) is 46.5. The Labute approximate surface area is 349 Å². The number of benzene rings is 7. The summed E-state index contributed by atoms with van der Waals surface area (Å²) in [7, 11) is -14.8. The molecular weight excluding hydrogens is 871 g/mol. The van der Waals surface area contributed by atoms with Crippen molar-refractivity contribution in [3.05, 3.63) is 125 Å². The van der Waals surface area contributed by atoms with Gasteiger partial charge in [0.2, 0.25) is 0 Å². The van der Waals surface area contributed by atoms with E-state index in [2.05, 4.69) is 30.7 Å². The van der Waals surface area contributed by atoms with E-state index in [-0.39, 0.29) is 27.3 Å². The lowest BCUT2D eigenvalue weighted by Gasteiger charge is -2.14. The Morgan fingerprint density at radius 1 is 0.532 bits per heavy atom. The number of phenols is 1. The van der Waals surface area contributed by atoms with Crippen LogP contribution in [-0.2, 0) is 30.4 Å². The van der Waals surface area contributed by atoms with Gasteiger partial charge >= 0.3 is 0 Å². The molecule has 0 saturated heterocycles. The topological polar surface area (TPSA) is 353 Å². The monoisotopic (exact) mass is 897 g/mol. The van der Waals surface area contributed by atoms with E-state index in [1.54, 1.807) is 48.5 Å². The molecule has 0 saturated carbocycles. The molecule has 314 valence electrons. The van der Waals surface area contributed by atoms with Crippen molar-refractivity contribution in [1.29, 1.82) is 0 Å². The number of nitrogens with two attached hydrogens (primary N) is 2. The van der Waals surface area contributed by atoms with E-state index in [9.17, 15) is 54.1 Å². The molecule has 0 spiro atoms. The Hall–Kier alpha value is -7.61. The van der Waals surface area contributed by atoms with Crippen molar-refractivity contribution in [1.82, 2.24) is 0 Å². The molecule has 0 aliphatic heterocycles. The predicted molar refractivity (Wildman–Crippen MR) is 225 cm³/mol. The molecule has 0 aliphatic rings. The van der Waals surface area contributed by atoms with Gasteiger partial charge in [-0.1, -0.05) is 30.3 Å². The average Bonchev–Trinajstić information content (AvgIpc) is 3.22. The first kappa shape index (κ1) is 42.5. The number of nitrogen functional groups attached to an aromatic ring is 2. The Bertz CT molecular complexity index is 3420. The molecule has 7 aromatic rings. The molecule has 0 aliphatic carbocycles. The van der Waals surface area contributed by atoms with Gasteiger partial charge in [0.05, 0.1) is 43.6 Å². The fourth-order valence-electron chi connectivity index (χ4n) is 6.10. The van der Waals surface area contributed by atoms with Crippen LogP contribution in [0.2, 0.25) is 0 Å². The molecule has 8 N–H and O–H groups in total. The highest BCUT2D eigenvalue weighted by atomic mass is 32.2. The molecule has 0 radical (unpaired) electrons. The fourth-order valence-corrected chi connectivity index (χ4v) is 7.93. The number of nitrogens with zero attached hydrogens (tertiary/aromatic N) is 7. The summed E-state index contributed by atoms with van der Waals surface area (Å²) in [6, 6.07) is 26.3. The Kier molecular flexibility index (Phi) is 11.0. The van der Waals surface area contributed by atoms with Crippen molar-refractivity contribution < 1.29 is 48.9 Å². The minimum atomic E-state index is -5.17. The zero-order valence-electron chi connectivity index (χ0n) is 31.0. The third-order valence-corrected chi connectivity index (χ3v) is 11.7. The van der Waals surface area contributed by atoms with Crippen molar-refractivity contribution in [3.63, 3.8) is 0 Å². The van der Waals surface area contributed by atoms with E-state index in [1.807, 2.05) is 0 Å². The van der Waals surface area contributed by atoms with Crippen LogP contribution >= 0.6 is 0 Å². The van der Waals surface area contributed by atoms with Crippen molar-refractivity contribution in [2.75, 3.05) is 11.5 Å². The number of phenolic OH excluding ortho intramolecular Hbond substituents is 1. The quantitative estimate of drug-likeness (QED) is 0.0231. The highest BCUT2D eigenvalue weighted by Gasteiger charge is 2.28. The van der Waals surface area contributed by atoms with Crippen LogP contribution in [0.15, 0.2) is 161 Å². The summed E-state index contributed by atoms with van der Waals surface area (Å²) in [6.07, 6.45) is 0. The number of nitro benzene ring substituents is 1. The molecular formula is C38H27N9O12S3. The molecule has 62 heavy (non-hydrogen) atoms. The number of hydrogen-bond acceptors (Lipinski definition) is 17. The minimum Gasteiger partial charge on any atom is -0.505 e. The second-order valence-corrected chi connectivity index (χ2v) is 17.3. The van der Waals surface area contributed by atoms with Crippen LogP contribution in [0.25, 0.3) is 32.7 Å². The number of anilines is 2. The predicted octanol–water partition coefficient (Wildman–Crippen LogP) is 9.42. The van der Waals surface area contributed by atoms with E-state index in [4.69, 9.17) is 11.5 Å². The average molecular weight is 898 g/mol. The number of rotatable bonds is 11. The zero-order valence-corrected chi connectivity index (χ0v) is 33.5. The van der Waals surface area contributed by atoms with E-state index in [1.165, 1.54) is 42.5 Å². The van der Waals surface area contributed by atoms with Gasteiger partial charge in [0, 0.05) is 28.6 Å². The number of hydrogen-bond donors (Lipinski definition) is 6. The molecule has 24 heteroatoms. The SMILES string of the molecule is Nc1ccc(/N=N/c2ccc(-c3ccc(/N=N/c4c(S(=O)(=O)O)cc5cc(S(=O)(=O)O)c(/N=N/c6ccc([N+](=O)[O-])cc6)c(N)c5c4O)cc3)cc2)c2cc(S(=O)(=O)O)ccc12. The van der Waals surface area contributed by atoms with Gasteiger partial charge in [-0.3, -0.25) is 23.8 Å². The lowest BCUT2D eigenvalue weighted by Crippen LogP contribution is -2.03. The number of azo groups is 3. The van der Waals surface area contributed by atoms with Crippen LogP contribution in [0.3, 0.4) is 0 Å². The molecule has 0 fully saturated rings. The third kappa shape index (κ3) is 8.80. The van der Waals surface area contributed by atoms with Crippen molar-refractivity contribution in [2.45, 2.75) is 14.7 Å². The molecule has 7 rings (SSSR count). The smallest absolute Gasteiger partial charge is 0.296 e. The molecule has 7 aromatic carbocycles. The summed E-state index contributed by atoms with van der Waals surface area (Å²) in [6.45, 7) is 0. The van der Waals surface area contributed by atoms with Gasteiger partial charge in [0.1, 0.15) is 21.2 Å². The summed E-state index contributed by atoms with van der Waals surface area (Å²) in [5.41, 5.74) is 12.6. The molecule has 21 nitrogen and oxygen atoms in total. The largest absolute Gasteiger partial charge is 0.505 e. The van der Waals surface area contributed by atoms with Crippen molar-refractivity contribution in [2.24, 2.45) is 30.7 Å². The molecule has 0 atom stereocenters. The maximum Gasteiger partial charge on any atom is 0.296 e. The lowest BCUT2D eigenvalue weighted by atomic mass is 10.0. The van der Waals surface area contributed by atoms with E-state index in [0.29, 0.717) is 33.4 Å². The Morgan fingerprint density at radius 3 is 1.52 bits per heavy atom. The Morgan fingerprint density at radius 2 is 1.02 bits per heavy atom. The van der Waals surface area contributed by atoms with Gasteiger partial charge in [0.25, 0.3) is 36.0 Å². The molecule has 0 amide bonds. The van der Waals surface area contributed by atoms with Crippen LogP contribution in [0.4, 0.5) is 51.2 Å². The van der Waals surface area contributed by atoms with Crippen LogP contribution in [0.5, 0.6) is 5.75 Å². The van der Waals surface area contributed by atoms with Crippen LogP contribution in [-0.4, -0.2) is 48.9 Å². The molecule has 0 heterocycles. The normalized spacial score (nSPS) is 12.6. The first-order valence-electron chi connectivity index (χ1n) is 17.3. The van der Waals surface area contributed by atoms with Crippen molar-refractivity contribution >= 4 is 103 Å². The van der Waals surface area contributed by atoms with Gasteiger partial charge < -0.3 is 16.6 Å². The third-order valence-electron chi connectivity index (χ3n) is 9.10. The molecule has 0 unspecified atom stereocenters. The van der Waals surface area contributed by atoms with Gasteiger partial charge in [0.15, 0.2) is 5.75 Å². The molecule has 0 bridgehead atoms. The number of aromatic hydroxyl groups is 1. The van der Waals surface area contributed by atoms with Crippen LogP contribution < -0.4 is 11.5 Å². The number of non-ortho nitro benzene ring substituents is 1. The van der Waals surface area contributed by atoms with Crippen molar-refractivity contribution in [3.8, 4) is 16.9 Å².